The number of nitrogens with zero attached hydrogens (tertiary/aromatic N) is 2. The number of amides is 6. The van der Waals surface area contributed by atoms with Crippen LogP contribution < -0.4 is 26.4 Å². The quantitative estimate of drug-likeness (QED) is 0.205. The summed E-state index contributed by atoms with van der Waals surface area (Å²) in [5.41, 5.74) is 6.91. The van der Waals surface area contributed by atoms with Crippen LogP contribution in [0.25, 0.3) is 0 Å². The molecule has 0 radical (unpaired) electrons. The van der Waals surface area contributed by atoms with Crippen molar-refractivity contribution >= 4 is 35.6 Å². The van der Waals surface area contributed by atoms with Crippen LogP contribution in [0.15, 0.2) is 54.6 Å². The minimum atomic E-state index is -1.03. The average Bonchev–Trinajstić information content (AvgIpc) is 3.59. The molecule has 5 N–H and O–H groups in total. The highest BCUT2D eigenvalue weighted by atomic mass is 16.5. The molecule has 1 fully saturated rings. The lowest BCUT2D eigenvalue weighted by Crippen LogP contribution is -2.59. The predicted molar refractivity (Wildman–Crippen MR) is 185 cm³/mol. The Morgan fingerprint density at radius 3 is 2.14 bits per heavy atom. The minimum Gasteiger partial charge on any atom is -0.497 e. The van der Waals surface area contributed by atoms with E-state index in [0.717, 1.165) is 11.1 Å². The number of primary amides is 1. The van der Waals surface area contributed by atoms with E-state index in [2.05, 4.69) is 16.0 Å². The third-order valence-corrected chi connectivity index (χ3v) is 8.57. The summed E-state index contributed by atoms with van der Waals surface area (Å²) in [5.74, 6) is -2.15. The fourth-order valence-electron chi connectivity index (χ4n) is 5.64. The van der Waals surface area contributed by atoms with E-state index in [0.29, 0.717) is 18.6 Å². The molecule has 14 nitrogen and oxygen atoms in total. The molecule has 1 saturated heterocycles. The van der Waals surface area contributed by atoms with E-state index in [1.165, 1.54) is 37.8 Å². The van der Waals surface area contributed by atoms with E-state index in [1.807, 2.05) is 32.0 Å². The molecule has 1 aliphatic rings. The maximum atomic E-state index is 14.1. The molecule has 5 atom stereocenters. The zero-order chi connectivity index (χ0) is 37.0. The molecule has 2 aromatic carbocycles. The first-order valence-electron chi connectivity index (χ1n) is 16.8. The van der Waals surface area contributed by atoms with Crippen molar-refractivity contribution in [1.29, 1.82) is 0 Å². The first-order valence-corrected chi connectivity index (χ1v) is 16.8. The van der Waals surface area contributed by atoms with Gasteiger partial charge in [0.25, 0.3) is 0 Å². The second kappa shape index (κ2) is 18.6. The molecule has 1 heterocycles. The van der Waals surface area contributed by atoms with E-state index < -0.39 is 65.8 Å². The van der Waals surface area contributed by atoms with Gasteiger partial charge >= 0.3 is 6.09 Å². The zero-order valence-corrected chi connectivity index (χ0v) is 29.6. The number of methoxy groups -OCH3 is 1. The number of nitrogens with one attached hydrogen (secondary N) is 3. The number of nitrogens with two attached hydrogens (primary N) is 1. The minimum absolute atomic E-state index is 0.00704. The van der Waals surface area contributed by atoms with Gasteiger partial charge in [0.2, 0.25) is 29.5 Å². The highest BCUT2D eigenvalue weighted by molar-refractivity contribution is 5.96. The van der Waals surface area contributed by atoms with Crippen molar-refractivity contribution in [1.82, 2.24) is 25.8 Å². The van der Waals surface area contributed by atoms with E-state index in [9.17, 15) is 28.8 Å². The van der Waals surface area contributed by atoms with Crippen molar-refractivity contribution in [2.75, 3.05) is 20.7 Å². The third-order valence-electron chi connectivity index (χ3n) is 8.57. The van der Waals surface area contributed by atoms with Crippen LogP contribution in [-0.4, -0.2) is 96.3 Å². The molecular formula is C36H50N6O8. The highest BCUT2D eigenvalue weighted by Crippen LogP contribution is 2.24. The van der Waals surface area contributed by atoms with Gasteiger partial charge in [0.05, 0.1) is 7.11 Å². The molecule has 0 spiro atoms. The van der Waals surface area contributed by atoms with Crippen LogP contribution in [0.1, 0.15) is 58.1 Å². The summed E-state index contributed by atoms with van der Waals surface area (Å²) in [6.45, 7) is 7.06. The van der Waals surface area contributed by atoms with E-state index >= 15 is 0 Å². The molecule has 0 bridgehead atoms. The molecule has 6 amide bonds. The van der Waals surface area contributed by atoms with Crippen molar-refractivity contribution in [2.45, 2.75) is 90.2 Å². The van der Waals surface area contributed by atoms with Crippen LogP contribution in [0.4, 0.5) is 4.79 Å². The standard InChI is InChI=1S/C36H50N6O8/c1-22(2)19-28(40-32(44)24(4)39-36(48)50-21-26-11-8-7-9-12-26)34(46)42-18-10-13-29(42)35(47)41(5)30(33(45)38-23(3)31(37)43)20-25-14-16-27(49-6)17-15-25/h7-9,11-12,14-17,22-24,28-30H,10,13,18-21H2,1-6H3,(H2,37,43)(H,38,45)(H,39,48)(H,40,44)/t23-,24+,28-,29-,30-/m0/s1. The van der Waals surface area contributed by atoms with Gasteiger partial charge in [0.1, 0.15) is 42.6 Å². The van der Waals surface area contributed by atoms with Crippen LogP contribution in [0.3, 0.4) is 0 Å². The van der Waals surface area contributed by atoms with Gasteiger partial charge in [-0.3, -0.25) is 24.0 Å². The number of hydrogen-bond donors (Lipinski definition) is 4. The molecule has 0 saturated carbocycles. The first-order chi connectivity index (χ1) is 23.7. The smallest absolute Gasteiger partial charge is 0.408 e. The number of carbonyl (C=O) groups is 6. The highest BCUT2D eigenvalue weighted by Gasteiger charge is 2.41. The van der Waals surface area contributed by atoms with Gasteiger partial charge in [-0.05, 0) is 62.3 Å². The number of alkyl carbamates (subject to hydrolysis) is 1. The monoisotopic (exact) mass is 694 g/mol. The van der Waals surface area contributed by atoms with Gasteiger partial charge in [-0.1, -0.05) is 56.3 Å². The van der Waals surface area contributed by atoms with Gasteiger partial charge in [-0.2, -0.15) is 0 Å². The number of rotatable bonds is 16. The van der Waals surface area contributed by atoms with Gasteiger partial charge in [-0.25, -0.2) is 4.79 Å². The Labute approximate surface area is 293 Å². The Morgan fingerprint density at radius 2 is 1.54 bits per heavy atom. The van der Waals surface area contributed by atoms with Crippen molar-refractivity contribution < 1.29 is 38.2 Å². The number of ether oxygens (including phenoxy) is 2. The largest absolute Gasteiger partial charge is 0.497 e. The predicted octanol–water partition coefficient (Wildman–Crippen LogP) is 1.89. The lowest BCUT2D eigenvalue weighted by molar-refractivity contribution is -0.148. The lowest BCUT2D eigenvalue weighted by Gasteiger charge is -2.34. The fourth-order valence-corrected chi connectivity index (χ4v) is 5.64. The molecule has 50 heavy (non-hydrogen) atoms. The molecular weight excluding hydrogens is 644 g/mol. The summed E-state index contributed by atoms with van der Waals surface area (Å²) in [4.78, 5) is 81.6. The maximum absolute atomic E-state index is 14.1. The summed E-state index contributed by atoms with van der Waals surface area (Å²) in [7, 11) is 3.03. The lowest BCUT2D eigenvalue weighted by atomic mass is 10.0. The first kappa shape index (κ1) is 39.3. The van der Waals surface area contributed by atoms with Crippen LogP contribution in [0.5, 0.6) is 5.75 Å². The molecule has 0 aliphatic carbocycles. The normalized spacial score (nSPS) is 16.4. The summed E-state index contributed by atoms with van der Waals surface area (Å²) in [6, 6.07) is 11.2. The second-order valence-corrected chi connectivity index (χ2v) is 13.0. The van der Waals surface area contributed by atoms with E-state index in [4.69, 9.17) is 15.2 Å². The van der Waals surface area contributed by atoms with Gasteiger partial charge in [0.15, 0.2) is 0 Å². The Bertz CT molecular complexity index is 1490. The van der Waals surface area contributed by atoms with E-state index in [-0.39, 0.29) is 31.9 Å². The fraction of sp³-hybridized carbons (Fsp3) is 0.500. The Kier molecular flexibility index (Phi) is 14.6. The summed E-state index contributed by atoms with van der Waals surface area (Å²) < 4.78 is 10.4. The van der Waals surface area contributed by atoms with Gasteiger partial charge in [-0.15, -0.1) is 0 Å². The van der Waals surface area contributed by atoms with E-state index in [1.54, 1.807) is 36.4 Å². The topological polar surface area (TPSA) is 189 Å². The SMILES string of the molecule is COc1ccc(C[C@@H](C(=O)N[C@@H](C)C(N)=O)N(C)C(=O)[C@@H]2CCCN2C(=O)[C@H](CC(C)C)NC(=O)[C@@H](C)NC(=O)OCc2ccccc2)cc1. The Morgan fingerprint density at radius 1 is 0.880 bits per heavy atom. The second-order valence-electron chi connectivity index (χ2n) is 13.0. The van der Waals surface area contributed by atoms with Crippen molar-refractivity contribution in [2.24, 2.45) is 11.7 Å². The Balaban J connectivity index is 1.74. The maximum Gasteiger partial charge on any atom is 0.408 e. The summed E-state index contributed by atoms with van der Waals surface area (Å²) in [6.07, 6.45) is 0.523. The number of carbonyl (C=O) groups excluding carboxylic acids is 6. The zero-order valence-electron chi connectivity index (χ0n) is 29.6. The molecule has 0 unspecified atom stereocenters. The molecule has 1 aliphatic heterocycles. The van der Waals surface area contributed by atoms with Crippen LogP contribution in [-0.2, 0) is 41.7 Å². The number of likely N-dealkylation sites (N-methyl/N-ethyl adjacent to an activating group) is 1. The van der Waals surface area contributed by atoms with Crippen molar-refractivity contribution in [3.05, 3.63) is 65.7 Å². The van der Waals surface area contributed by atoms with Crippen LogP contribution in [0.2, 0.25) is 0 Å². The summed E-state index contributed by atoms with van der Waals surface area (Å²) in [5, 5.41) is 7.85. The van der Waals surface area contributed by atoms with Crippen LogP contribution in [0, 0.1) is 5.92 Å². The van der Waals surface area contributed by atoms with Crippen LogP contribution >= 0.6 is 0 Å². The van der Waals surface area contributed by atoms with Gasteiger partial charge < -0.3 is 41.0 Å². The summed E-state index contributed by atoms with van der Waals surface area (Å²) >= 11 is 0. The van der Waals surface area contributed by atoms with Crippen molar-refractivity contribution in [3.8, 4) is 5.75 Å². The Hall–Kier alpha value is -5.14. The van der Waals surface area contributed by atoms with Crippen molar-refractivity contribution in [3.63, 3.8) is 0 Å². The molecule has 2 aromatic rings. The van der Waals surface area contributed by atoms with Gasteiger partial charge in [0, 0.05) is 20.0 Å². The average molecular weight is 695 g/mol. The molecule has 272 valence electrons. The molecule has 3 rings (SSSR count). The third kappa shape index (κ3) is 11.2. The number of benzene rings is 2. The molecule has 0 aromatic heterocycles. The number of hydrogen-bond acceptors (Lipinski definition) is 8. The molecule has 14 heteroatoms. The number of likely N-dealkylation sites (tertiary alicyclic amines) is 1.